The van der Waals surface area contributed by atoms with Gasteiger partial charge in [-0.25, -0.2) is 0 Å². The van der Waals surface area contributed by atoms with Crippen LogP contribution in [0.5, 0.6) is 11.5 Å². The van der Waals surface area contributed by atoms with Gasteiger partial charge < -0.3 is 25.4 Å². The molecule has 0 saturated carbocycles. The van der Waals surface area contributed by atoms with Crippen molar-refractivity contribution in [1.82, 2.24) is 15.5 Å². The number of carbonyl (C=O) groups excluding carboxylic acids is 3. The summed E-state index contributed by atoms with van der Waals surface area (Å²) in [5.41, 5.74) is 1.11. The first-order valence-corrected chi connectivity index (χ1v) is 16.7. The van der Waals surface area contributed by atoms with E-state index in [0.29, 0.717) is 63.4 Å². The topological polar surface area (TPSA) is 109 Å². The maximum Gasteiger partial charge on any atom is 0.243 e. The van der Waals surface area contributed by atoms with Gasteiger partial charge in [-0.2, -0.15) is 0 Å². The number of benzene rings is 3. The molecule has 9 nitrogen and oxygen atoms in total. The first kappa shape index (κ1) is 32.5. The number of carbonyl (C=O) groups is 3. The van der Waals surface area contributed by atoms with Gasteiger partial charge in [0.25, 0.3) is 0 Å². The molecule has 6 rings (SSSR count). The summed E-state index contributed by atoms with van der Waals surface area (Å²) in [6, 6.07) is 26.0. The van der Waals surface area contributed by atoms with Crippen molar-refractivity contribution in [3.05, 3.63) is 103 Å². The molecule has 3 N–H and O–H groups in total. The molecule has 246 valence electrons. The highest BCUT2D eigenvalue weighted by Gasteiger charge is 2.41. The lowest BCUT2D eigenvalue weighted by atomic mass is 9.75. The molecular formula is C38H44N4O5. The number of allylic oxidation sites excluding steroid dienone is 2. The Morgan fingerprint density at radius 3 is 2.34 bits per heavy atom. The Labute approximate surface area is 276 Å². The molecule has 0 unspecified atom stereocenters. The molecule has 1 spiro atoms. The minimum absolute atomic E-state index is 0.0599. The number of para-hydroxylation sites is 1. The Bertz CT molecular complexity index is 1520. The zero-order valence-electron chi connectivity index (χ0n) is 26.7. The molecule has 3 atom stereocenters. The molecule has 3 aromatic carbocycles. The number of fused-ring (bicyclic) bond motifs is 1. The Morgan fingerprint density at radius 2 is 1.60 bits per heavy atom. The molecule has 0 bridgehead atoms. The van der Waals surface area contributed by atoms with Gasteiger partial charge in [-0.15, -0.1) is 0 Å². The van der Waals surface area contributed by atoms with Gasteiger partial charge in [0.05, 0.1) is 12.0 Å². The van der Waals surface area contributed by atoms with E-state index >= 15 is 0 Å². The van der Waals surface area contributed by atoms with Crippen LogP contribution < -0.4 is 20.7 Å². The van der Waals surface area contributed by atoms with Crippen LogP contribution in [0.2, 0.25) is 0 Å². The van der Waals surface area contributed by atoms with Crippen molar-refractivity contribution >= 4 is 23.4 Å². The van der Waals surface area contributed by atoms with Gasteiger partial charge in [-0.3, -0.25) is 19.3 Å². The molecule has 9 heteroatoms. The van der Waals surface area contributed by atoms with E-state index in [0.717, 1.165) is 24.2 Å². The predicted octanol–water partition coefficient (Wildman–Crippen LogP) is 5.10. The largest absolute Gasteiger partial charge is 0.457 e. The fourth-order valence-corrected chi connectivity index (χ4v) is 6.83. The minimum Gasteiger partial charge on any atom is -0.457 e. The van der Waals surface area contributed by atoms with Crippen molar-refractivity contribution in [3.8, 4) is 11.5 Å². The van der Waals surface area contributed by atoms with Gasteiger partial charge in [0.1, 0.15) is 17.5 Å². The third-order valence-electron chi connectivity index (χ3n) is 9.58. The van der Waals surface area contributed by atoms with Crippen LogP contribution >= 0.6 is 0 Å². The monoisotopic (exact) mass is 636 g/mol. The van der Waals surface area contributed by atoms with Gasteiger partial charge >= 0.3 is 0 Å². The number of likely N-dealkylation sites (tertiary alicyclic amines) is 1. The van der Waals surface area contributed by atoms with Gasteiger partial charge in [0, 0.05) is 44.5 Å². The van der Waals surface area contributed by atoms with Crippen molar-refractivity contribution in [2.45, 2.75) is 50.6 Å². The lowest BCUT2D eigenvalue weighted by molar-refractivity contribution is -0.140. The Morgan fingerprint density at radius 1 is 0.894 bits per heavy atom. The summed E-state index contributed by atoms with van der Waals surface area (Å²) in [5.74, 6) is 1.27. The molecule has 3 aliphatic rings. The predicted molar refractivity (Wildman–Crippen MR) is 181 cm³/mol. The van der Waals surface area contributed by atoms with Crippen molar-refractivity contribution in [2.75, 3.05) is 38.2 Å². The van der Waals surface area contributed by atoms with E-state index in [1.165, 1.54) is 0 Å². The SMILES string of the molecule is O=C(CN1CC[C@@H]2NC(=O)[C@H](Cc3ccccc3)NC(=O)C3(C/C=C/C[C@@H]2C1)CCOCC3)Nc1ccc(Oc2ccccc2)cc1. The number of anilines is 1. The Balaban J connectivity index is 1.11. The average Bonchev–Trinajstić information content (AvgIpc) is 3.09. The number of hydrogen-bond acceptors (Lipinski definition) is 6. The highest BCUT2D eigenvalue weighted by atomic mass is 16.5. The summed E-state index contributed by atoms with van der Waals surface area (Å²) < 4.78 is 11.5. The summed E-state index contributed by atoms with van der Waals surface area (Å²) >= 11 is 0. The van der Waals surface area contributed by atoms with Crippen LogP contribution in [0.25, 0.3) is 0 Å². The first-order chi connectivity index (χ1) is 23.0. The van der Waals surface area contributed by atoms with Crippen LogP contribution in [0.3, 0.4) is 0 Å². The van der Waals surface area contributed by atoms with E-state index in [-0.39, 0.29) is 36.2 Å². The van der Waals surface area contributed by atoms with E-state index < -0.39 is 11.5 Å². The standard InChI is InChI=1S/C38H44N4O5/c43-35(39-30-14-16-32(17-15-30)47-31-12-5-2-6-13-31)27-42-22-18-33-29(26-42)11-7-8-19-38(20-23-46-24-21-38)37(45)41-34(36(44)40-33)25-28-9-3-1-4-10-28/h1-10,12-17,29,33-34H,11,18-27H2,(H,39,43)(H,40,44)(H,41,45)/b8-7+/t29-,33+,34+/m1/s1. The summed E-state index contributed by atoms with van der Waals surface area (Å²) in [5, 5.41) is 9.47. The third-order valence-corrected chi connectivity index (χ3v) is 9.58. The molecule has 47 heavy (non-hydrogen) atoms. The minimum atomic E-state index is -0.679. The second kappa shape index (κ2) is 15.4. The summed E-state index contributed by atoms with van der Waals surface area (Å²) in [6.07, 6.45) is 8.04. The molecule has 3 heterocycles. The van der Waals surface area contributed by atoms with Crippen molar-refractivity contribution < 1.29 is 23.9 Å². The van der Waals surface area contributed by atoms with E-state index in [9.17, 15) is 14.4 Å². The van der Waals surface area contributed by atoms with E-state index in [2.05, 4.69) is 33.0 Å². The third kappa shape index (κ3) is 8.67. The van der Waals surface area contributed by atoms with Crippen LogP contribution in [0, 0.1) is 11.3 Å². The number of hydrogen-bond donors (Lipinski definition) is 3. The second-order valence-electron chi connectivity index (χ2n) is 12.9. The molecule has 0 aromatic heterocycles. The molecule has 2 saturated heterocycles. The zero-order valence-corrected chi connectivity index (χ0v) is 26.7. The highest BCUT2D eigenvalue weighted by Crippen LogP contribution is 2.36. The van der Waals surface area contributed by atoms with Gasteiger partial charge in [0.15, 0.2) is 0 Å². The molecule has 3 aromatic rings. The highest BCUT2D eigenvalue weighted by molar-refractivity contribution is 5.92. The lowest BCUT2D eigenvalue weighted by Gasteiger charge is -2.40. The van der Waals surface area contributed by atoms with Crippen LogP contribution in [0.4, 0.5) is 5.69 Å². The summed E-state index contributed by atoms with van der Waals surface area (Å²) in [6.45, 7) is 2.69. The number of ether oxygens (including phenoxy) is 2. The van der Waals surface area contributed by atoms with Gasteiger partial charge in [-0.1, -0.05) is 60.7 Å². The smallest absolute Gasteiger partial charge is 0.243 e. The number of rotatable bonds is 7. The number of piperidine rings is 1. The Hall–Kier alpha value is -4.47. The number of amides is 3. The van der Waals surface area contributed by atoms with E-state index in [1.54, 1.807) is 0 Å². The van der Waals surface area contributed by atoms with Crippen molar-refractivity contribution in [3.63, 3.8) is 0 Å². The lowest BCUT2D eigenvalue weighted by Crippen LogP contribution is -2.58. The first-order valence-electron chi connectivity index (χ1n) is 16.7. The maximum absolute atomic E-state index is 13.8. The fraction of sp³-hybridized carbons (Fsp3) is 0.395. The van der Waals surface area contributed by atoms with E-state index in [1.807, 2.05) is 84.9 Å². The van der Waals surface area contributed by atoms with Crippen LogP contribution in [-0.2, 0) is 25.5 Å². The molecular weight excluding hydrogens is 592 g/mol. The maximum atomic E-state index is 13.8. The second-order valence-corrected chi connectivity index (χ2v) is 12.9. The number of nitrogens with one attached hydrogen (secondary N) is 3. The summed E-state index contributed by atoms with van der Waals surface area (Å²) in [7, 11) is 0. The Kier molecular flexibility index (Phi) is 10.6. The zero-order chi connectivity index (χ0) is 32.5. The molecule has 0 radical (unpaired) electrons. The molecule has 3 amide bonds. The van der Waals surface area contributed by atoms with Crippen LogP contribution in [0.1, 0.15) is 37.7 Å². The molecule has 3 aliphatic heterocycles. The van der Waals surface area contributed by atoms with Crippen molar-refractivity contribution in [1.29, 1.82) is 0 Å². The van der Waals surface area contributed by atoms with Crippen LogP contribution in [0.15, 0.2) is 97.1 Å². The summed E-state index contributed by atoms with van der Waals surface area (Å²) in [4.78, 5) is 42.9. The van der Waals surface area contributed by atoms with Gasteiger partial charge in [0.2, 0.25) is 17.7 Å². The fourth-order valence-electron chi connectivity index (χ4n) is 6.83. The normalized spacial score (nSPS) is 24.0. The molecule has 2 fully saturated rings. The quantitative estimate of drug-likeness (QED) is 0.312. The molecule has 0 aliphatic carbocycles. The van der Waals surface area contributed by atoms with Crippen molar-refractivity contribution in [2.24, 2.45) is 11.3 Å². The van der Waals surface area contributed by atoms with E-state index in [4.69, 9.17) is 9.47 Å². The van der Waals surface area contributed by atoms with Gasteiger partial charge in [-0.05, 0) is 80.0 Å². The van der Waals surface area contributed by atoms with Crippen LogP contribution in [-0.4, -0.2) is 67.6 Å². The number of nitrogens with zero attached hydrogens (tertiary/aromatic N) is 1. The average molecular weight is 637 g/mol.